The van der Waals surface area contributed by atoms with Crippen LogP contribution in [-0.4, -0.2) is 41.8 Å². The van der Waals surface area contributed by atoms with Crippen molar-refractivity contribution in [2.45, 2.75) is 31.9 Å². The molecule has 0 saturated carbocycles. The number of carboxylic acids is 1. The summed E-state index contributed by atoms with van der Waals surface area (Å²) in [6, 6.07) is 4.05. The number of piperidine rings is 1. The lowest BCUT2D eigenvalue weighted by Gasteiger charge is -2.39. The molecule has 110 valence electrons. The number of likely N-dealkylation sites (tertiary alicyclic amines) is 1. The van der Waals surface area contributed by atoms with Gasteiger partial charge >= 0.3 is 5.97 Å². The topological polar surface area (TPSA) is 49.8 Å². The van der Waals surface area contributed by atoms with Crippen LogP contribution >= 0.6 is 11.3 Å². The van der Waals surface area contributed by atoms with E-state index in [0.717, 1.165) is 37.4 Å². The van der Waals surface area contributed by atoms with Crippen LogP contribution in [-0.2, 0) is 16.1 Å². The van der Waals surface area contributed by atoms with Crippen molar-refractivity contribution in [2.24, 2.45) is 0 Å². The molecule has 1 aliphatic rings. The first kappa shape index (κ1) is 15.2. The van der Waals surface area contributed by atoms with E-state index in [0.29, 0.717) is 0 Å². The average Bonchev–Trinajstić information content (AvgIpc) is 2.84. The molecule has 2 heterocycles. The predicted molar refractivity (Wildman–Crippen MR) is 80.9 cm³/mol. The van der Waals surface area contributed by atoms with Crippen molar-refractivity contribution in [2.75, 3.05) is 20.2 Å². The SMILES string of the molecule is COC1(C)CCCN(Cc2ccc(/C=C/C(=O)O)s2)C1. The smallest absolute Gasteiger partial charge is 0.328 e. The van der Waals surface area contributed by atoms with Crippen LogP contribution in [0.5, 0.6) is 0 Å². The van der Waals surface area contributed by atoms with Crippen LogP contribution in [0.2, 0.25) is 0 Å². The van der Waals surface area contributed by atoms with Gasteiger partial charge in [0.25, 0.3) is 0 Å². The van der Waals surface area contributed by atoms with Crippen molar-refractivity contribution >= 4 is 23.4 Å². The number of ether oxygens (including phenoxy) is 1. The maximum absolute atomic E-state index is 10.5. The van der Waals surface area contributed by atoms with Crippen molar-refractivity contribution in [1.29, 1.82) is 0 Å². The van der Waals surface area contributed by atoms with E-state index in [-0.39, 0.29) is 5.60 Å². The molecule has 5 heteroatoms. The first-order chi connectivity index (χ1) is 9.50. The zero-order valence-electron chi connectivity index (χ0n) is 12.0. The quantitative estimate of drug-likeness (QED) is 0.849. The lowest BCUT2D eigenvalue weighted by molar-refractivity contribution is -0.131. The molecule has 0 aromatic carbocycles. The van der Waals surface area contributed by atoms with E-state index in [1.807, 2.05) is 6.07 Å². The summed E-state index contributed by atoms with van der Waals surface area (Å²) in [5, 5.41) is 8.62. The largest absolute Gasteiger partial charge is 0.478 e. The van der Waals surface area contributed by atoms with Gasteiger partial charge in [-0.2, -0.15) is 0 Å². The van der Waals surface area contributed by atoms with Crippen molar-refractivity contribution in [3.05, 3.63) is 28.0 Å². The summed E-state index contributed by atoms with van der Waals surface area (Å²) in [7, 11) is 1.78. The van der Waals surface area contributed by atoms with Crippen LogP contribution in [0.25, 0.3) is 6.08 Å². The van der Waals surface area contributed by atoms with Crippen LogP contribution < -0.4 is 0 Å². The van der Waals surface area contributed by atoms with Gasteiger partial charge < -0.3 is 9.84 Å². The molecule has 2 rings (SSSR count). The van der Waals surface area contributed by atoms with E-state index in [1.54, 1.807) is 24.5 Å². The first-order valence-corrected chi connectivity index (χ1v) is 7.60. The lowest BCUT2D eigenvalue weighted by atomic mass is 9.95. The number of hydrogen-bond donors (Lipinski definition) is 1. The van der Waals surface area contributed by atoms with Gasteiger partial charge in [-0.25, -0.2) is 4.79 Å². The third kappa shape index (κ3) is 4.16. The maximum Gasteiger partial charge on any atom is 0.328 e. The number of aliphatic carboxylic acids is 1. The van der Waals surface area contributed by atoms with Gasteiger partial charge in [-0.05, 0) is 44.5 Å². The Morgan fingerprint density at radius 1 is 1.60 bits per heavy atom. The van der Waals surface area contributed by atoms with Gasteiger partial charge in [0.2, 0.25) is 0 Å². The zero-order chi connectivity index (χ0) is 14.6. The predicted octanol–water partition coefficient (Wildman–Crippen LogP) is 2.85. The van der Waals surface area contributed by atoms with Gasteiger partial charge in [0, 0.05) is 36.0 Å². The highest BCUT2D eigenvalue weighted by Crippen LogP contribution is 2.27. The van der Waals surface area contributed by atoms with Gasteiger partial charge in [-0.1, -0.05) is 0 Å². The molecule has 0 radical (unpaired) electrons. The highest BCUT2D eigenvalue weighted by Gasteiger charge is 2.30. The summed E-state index contributed by atoms with van der Waals surface area (Å²) in [5.74, 6) is -0.910. The van der Waals surface area contributed by atoms with Crippen molar-refractivity contribution in [3.63, 3.8) is 0 Å². The Morgan fingerprint density at radius 2 is 2.40 bits per heavy atom. The Kier molecular flexibility index (Phi) is 4.96. The molecular weight excluding hydrogens is 274 g/mol. The molecule has 1 aliphatic heterocycles. The average molecular weight is 295 g/mol. The first-order valence-electron chi connectivity index (χ1n) is 6.78. The van der Waals surface area contributed by atoms with E-state index < -0.39 is 5.97 Å². The van der Waals surface area contributed by atoms with Crippen molar-refractivity contribution < 1.29 is 14.6 Å². The normalized spacial score (nSPS) is 24.3. The van der Waals surface area contributed by atoms with E-state index in [9.17, 15) is 4.79 Å². The fraction of sp³-hybridized carbons (Fsp3) is 0.533. The van der Waals surface area contributed by atoms with Gasteiger partial charge in [0.05, 0.1) is 5.60 Å². The standard InChI is InChI=1S/C15H21NO3S/c1-15(19-2)8-3-9-16(11-15)10-13-5-4-12(20-13)6-7-14(17)18/h4-7H,3,8-11H2,1-2H3,(H,17,18)/b7-6+. The second kappa shape index (κ2) is 6.52. The highest BCUT2D eigenvalue weighted by atomic mass is 32.1. The molecule has 1 fully saturated rings. The van der Waals surface area contributed by atoms with Crippen molar-refractivity contribution in [1.82, 2.24) is 4.90 Å². The van der Waals surface area contributed by atoms with E-state index in [4.69, 9.17) is 9.84 Å². The number of rotatable bonds is 5. The molecule has 1 saturated heterocycles. The van der Waals surface area contributed by atoms with Gasteiger partial charge in [-0.15, -0.1) is 11.3 Å². The minimum atomic E-state index is -0.910. The number of hydrogen-bond acceptors (Lipinski definition) is 4. The van der Waals surface area contributed by atoms with Crippen LogP contribution in [0, 0.1) is 0 Å². The van der Waals surface area contributed by atoms with Crippen LogP contribution in [0.4, 0.5) is 0 Å². The van der Waals surface area contributed by atoms with E-state index in [2.05, 4.69) is 17.9 Å². The van der Waals surface area contributed by atoms with Crippen LogP contribution in [0.3, 0.4) is 0 Å². The Hall–Kier alpha value is -1.17. The highest BCUT2D eigenvalue weighted by molar-refractivity contribution is 7.12. The van der Waals surface area contributed by atoms with Crippen molar-refractivity contribution in [3.8, 4) is 0 Å². The third-order valence-electron chi connectivity index (χ3n) is 3.68. The Morgan fingerprint density at radius 3 is 3.10 bits per heavy atom. The molecule has 4 nitrogen and oxygen atoms in total. The summed E-state index contributed by atoms with van der Waals surface area (Å²) in [4.78, 5) is 15.1. The molecule has 1 N–H and O–H groups in total. The molecule has 0 bridgehead atoms. The van der Waals surface area contributed by atoms with Gasteiger partial charge in [0.15, 0.2) is 0 Å². The third-order valence-corrected chi connectivity index (χ3v) is 4.72. The summed E-state index contributed by atoms with van der Waals surface area (Å²) in [6.07, 6.45) is 5.09. The fourth-order valence-electron chi connectivity index (χ4n) is 2.55. The monoisotopic (exact) mass is 295 g/mol. The molecule has 1 aromatic heterocycles. The summed E-state index contributed by atoms with van der Waals surface area (Å²) in [5.41, 5.74) is -0.0401. The minimum absolute atomic E-state index is 0.0401. The molecule has 1 atom stereocenters. The molecule has 0 aliphatic carbocycles. The lowest BCUT2D eigenvalue weighted by Crippen LogP contribution is -2.46. The molecule has 1 aromatic rings. The summed E-state index contributed by atoms with van der Waals surface area (Å²) < 4.78 is 5.60. The minimum Gasteiger partial charge on any atom is -0.478 e. The number of carboxylic acid groups (broad SMARTS) is 1. The Bertz CT molecular complexity index is 497. The Labute approximate surface area is 123 Å². The second-order valence-corrected chi connectivity index (χ2v) is 6.64. The van der Waals surface area contributed by atoms with E-state index >= 15 is 0 Å². The summed E-state index contributed by atoms with van der Waals surface area (Å²) in [6.45, 7) is 5.11. The van der Waals surface area contributed by atoms with E-state index in [1.165, 1.54) is 11.0 Å². The molecule has 20 heavy (non-hydrogen) atoms. The summed E-state index contributed by atoms with van der Waals surface area (Å²) >= 11 is 1.64. The molecule has 0 spiro atoms. The Balaban J connectivity index is 1.95. The molecular formula is C15H21NO3S. The molecule has 0 amide bonds. The fourth-order valence-corrected chi connectivity index (χ4v) is 3.51. The zero-order valence-corrected chi connectivity index (χ0v) is 12.8. The van der Waals surface area contributed by atoms with Gasteiger partial charge in [-0.3, -0.25) is 4.90 Å². The van der Waals surface area contributed by atoms with Crippen LogP contribution in [0.15, 0.2) is 18.2 Å². The number of carbonyl (C=O) groups is 1. The maximum atomic E-state index is 10.5. The second-order valence-electron chi connectivity index (χ2n) is 5.44. The molecule has 1 unspecified atom stereocenters. The van der Waals surface area contributed by atoms with Crippen LogP contribution in [0.1, 0.15) is 29.5 Å². The number of methoxy groups -OCH3 is 1. The number of thiophene rings is 1. The van der Waals surface area contributed by atoms with Gasteiger partial charge in [0.1, 0.15) is 0 Å². The number of nitrogens with zero attached hydrogens (tertiary/aromatic N) is 1.